The topological polar surface area (TPSA) is 55.1 Å². The lowest BCUT2D eigenvalue weighted by Crippen LogP contribution is -2.37. The summed E-state index contributed by atoms with van der Waals surface area (Å²) in [7, 11) is 0. The van der Waals surface area contributed by atoms with Crippen molar-refractivity contribution in [2.24, 2.45) is 17.6 Å². The Morgan fingerprint density at radius 3 is 2.19 bits per heavy atom. The Bertz CT molecular complexity index is 417. The smallest absolute Gasteiger partial charge is 0.224 e. The standard InChI is InChI=1S/C17H28N2O.ClH/c1-5-6-14-7-9-15(10-8-14)16(12(2)3)19-17(20)13(4)11-18;/h7-10,12-13,16H,5-6,11,18H2,1-4H3,(H,19,20);1H. The van der Waals surface area contributed by atoms with Crippen LogP contribution in [0.3, 0.4) is 0 Å². The van der Waals surface area contributed by atoms with Crippen molar-refractivity contribution in [2.45, 2.75) is 46.6 Å². The van der Waals surface area contributed by atoms with E-state index >= 15 is 0 Å². The largest absolute Gasteiger partial charge is 0.349 e. The van der Waals surface area contributed by atoms with Crippen LogP contribution in [0.15, 0.2) is 24.3 Å². The molecule has 1 rings (SSSR count). The monoisotopic (exact) mass is 312 g/mol. The van der Waals surface area contributed by atoms with Gasteiger partial charge >= 0.3 is 0 Å². The molecule has 0 heterocycles. The molecular formula is C17H29ClN2O. The van der Waals surface area contributed by atoms with Gasteiger partial charge in [0.1, 0.15) is 0 Å². The van der Waals surface area contributed by atoms with Crippen LogP contribution in [0.4, 0.5) is 0 Å². The van der Waals surface area contributed by atoms with Crippen LogP contribution in [0.1, 0.15) is 51.3 Å². The minimum atomic E-state index is -0.143. The Balaban J connectivity index is 0.00000400. The zero-order chi connectivity index (χ0) is 15.1. The number of halogens is 1. The van der Waals surface area contributed by atoms with Gasteiger partial charge in [-0.05, 0) is 23.5 Å². The van der Waals surface area contributed by atoms with E-state index in [-0.39, 0.29) is 30.3 Å². The highest BCUT2D eigenvalue weighted by Crippen LogP contribution is 2.22. The number of nitrogens with two attached hydrogens (primary N) is 1. The fourth-order valence-electron chi connectivity index (χ4n) is 2.22. The first-order valence-electron chi connectivity index (χ1n) is 7.58. The van der Waals surface area contributed by atoms with E-state index in [0.717, 1.165) is 18.4 Å². The molecule has 0 aromatic heterocycles. The molecule has 0 fully saturated rings. The molecule has 1 amide bonds. The zero-order valence-corrected chi connectivity index (χ0v) is 14.4. The summed E-state index contributed by atoms with van der Waals surface area (Å²) in [5.41, 5.74) is 8.07. The van der Waals surface area contributed by atoms with Crippen LogP contribution < -0.4 is 11.1 Å². The first-order valence-corrected chi connectivity index (χ1v) is 7.58. The summed E-state index contributed by atoms with van der Waals surface area (Å²) >= 11 is 0. The number of amides is 1. The summed E-state index contributed by atoms with van der Waals surface area (Å²) in [6.45, 7) is 8.67. The van der Waals surface area contributed by atoms with Crippen LogP contribution in [0.5, 0.6) is 0 Å². The Hall–Kier alpha value is -1.06. The summed E-state index contributed by atoms with van der Waals surface area (Å²) in [5.74, 6) is 0.236. The normalized spacial score (nSPS) is 13.4. The molecule has 2 unspecified atom stereocenters. The molecule has 0 aliphatic heterocycles. The van der Waals surface area contributed by atoms with E-state index in [0.29, 0.717) is 12.5 Å². The first-order chi connectivity index (χ1) is 9.49. The van der Waals surface area contributed by atoms with E-state index in [4.69, 9.17) is 5.73 Å². The quantitative estimate of drug-likeness (QED) is 0.810. The number of rotatable bonds is 7. The molecule has 2 atom stereocenters. The lowest BCUT2D eigenvalue weighted by molar-refractivity contribution is -0.125. The van der Waals surface area contributed by atoms with E-state index in [9.17, 15) is 4.79 Å². The molecule has 0 spiro atoms. The van der Waals surface area contributed by atoms with Crippen molar-refractivity contribution in [3.8, 4) is 0 Å². The van der Waals surface area contributed by atoms with Gasteiger partial charge in [0, 0.05) is 12.5 Å². The van der Waals surface area contributed by atoms with Gasteiger partial charge in [-0.1, -0.05) is 58.4 Å². The molecule has 3 N–H and O–H groups in total. The average molecular weight is 313 g/mol. The van der Waals surface area contributed by atoms with Crippen molar-refractivity contribution in [3.05, 3.63) is 35.4 Å². The lowest BCUT2D eigenvalue weighted by atomic mass is 9.94. The molecule has 0 aliphatic rings. The van der Waals surface area contributed by atoms with Gasteiger partial charge < -0.3 is 11.1 Å². The Morgan fingerprint density at radius 1 is 1.19 bits per heavy atom. The summed E-state index contributed by atoms with van der Waals surface area (Å²) in [5, 5.41) is 3.12. The number of aryl methyl sites for hydroxylation is 1. The second-order valence-corrected chi connectivity index (χ2v) is 5.86. The maximum Gasteiger partial charge on any atom is 0.224 e. The Labute approximate surface area is 135 Å². The minimum Gasteiger partial charge on any atom is -0.349 e. The van der Waals surface area contributed by atoms with E-state index in [1.807, 2.05) is 6.92 Å². The molecule has 4 heteroatoms. The highest BCUT2D eigenvalue weighted by atomic mass is 35.5. The second kappa shape index (κ2) is 9.80. The van der Waals surface area contributed by atoms with E-state index in [2.05, 4.69) is 50.4 Å². The number of nitrogens with one attached hydrogen (secondary N) is 1. The van der Waals surface area contributed by atoms with Crippen LogP contribution in [0, 0.1) is 11.8 Å². The van der Waals surface area contributed by atoms with Gasteiger partial charge in [0.25, 0.3) is 0 Å². The molecule has 120 valence electrons. The van der Waals surface area contributed by atoms with E-state index in [1.165, 1.54) is 5.56 Å². The van der Waals surface area contributed by atoms with Gasteiger partial charge in [-0.25, -0.2) is 0 Å². The van der Waals surface area contributed by atoms with Crippen LogP contribution in [-0.4, -0.2) is 12.5 Å². The first kappa shape index (κ1) is 19.9. The number of hydrogen-bond donors (Lipinski definition) is 2. The highest BCUT2D eigenvalue weighted by molar-refractivity contribution is 5.85. The van der Waals surface area contributed by atoms with Gasteiger partial charge in [0.05, 0.1) is 6.04 Å². The molecule has 0 aliphatic carbocycles. The van der Waals surface area contributed by atoms with E-state index < -0.39 is 0 Å². The van der Waals surface area contributed by atoms with Crippen LogP contribution >= 0.6 is 12.4 Å². The molecule has 0 radical (unpaired) electrons. The number of hydrogen-bond acceptors (Lipinski definition) is 2. The summed E-state index contributed by atoms with van der Waals surface area (Å²) in [6, 6.07) is 8.62. The highest BCUT2D eigenvalue weighted by Gasteiger charge is 2.20. The van der Waals surface area contributed by atoms with Crippen molar-refractivity contribution >= 4 is 18.3 Å². The van der Waals surface area contributed by atoms with Crippen molar-refractivity contribution in [2.75, 3.05) is 6.54 Å². The van der Waals surface area contributed by atoms with Gasteiger partial charge in [-0.2, -0.15) is 0 Å². The average Bonchev–Trinajstić information content (AvgIpc) is 2.44. The number of benzene rings is 1. The summed E-state index contributed by atoms with van der Waals surface area (Å²) in [6.07, 6.45) is 2.25. The van der Waals surface area contributed by atoms with Gasteiger partial charge in [-0.3, -0.25) is 4.79 Å². The van der Waals surface area contributed by atoms with Crippen LogP contribution in [0.2, 0.25) is 0 Å². The molecule has 0 bridgehead atoms. The zero-order valence-electron chi connectivity index (χ0n) is 13.6. The molecule has 0 saturated heterocycles. The van der Waals surface area contributed by atoms with Gasteiger partial charge in [0.15, 0.2) is 0 Å². The number of carbonyl (C=O) groups excluding carboxylic acids is 1. The van der Waals surface area contributed by atoms with Crippen LogP contribution in [0.25, 0.3) is 0 Å². The fourth-order valence-corrected chi connectivity index (χ4v) is 2.22. The van der Waals surface area contributed by atoms with Gasteiger partial charge in [0.2, 0.25) is 5.91 Å². The van der Waals surface area contributed by atoms with E-state index in [1.54, 1.807) is 0 Å². The molecule has 1 aromatic rings. The fraction of sp³-hybridized carbons (Fsp3) is 0.588. The SMILES string of the molecule is CCCc1ccc(C(NC(=O)C(C)CN)C(C)C)cc1.Cl. The lowest BCUT2D eigenvalue weighted by Gasteiger charge is -2.24. The maximum atomic E-state index is 12.0. The third kappa shape index (κ3) is 6.06. The molecule has 0 saturated carbocycles. The van der Waals surface area contributed by atoms with Gasteiger partial charge in [-0.15, -0.1) is 12.4 Å². The Kier molecular flexibility index (Phi) is 9.31. The minimum absolute atomic E-state index is 0. The van der Waals surface area contributed by atoms with Crippen molar-refractivity contribution in [1.82, 2.24) is 5.32 Å². The predicted molar refractivity (Wildman–Crippen MR) is 91.6 cm³/mol. The second-order valence-electron chi connectivity index (χ2n) is 5.86. The van der Waals surface area contributed by atoms with Crippen molar-refractivity contribution in [1.29, 1.82) is 0 Å². The molecule has 21 heavy (non-hydrogen) atoms. The Morgan fingerprint density at radius 2 is 1.76 bits per heavy atom. The maximum absolute atomic E-state index is 12.0. The molecule has 3 nitrogen and oxygen atoms in total. The third-order valence-corrected chi connectivity index (χ3v) is 3.64. The van der Waals surface area contributed by atoms with Crippen molar-refractivity contribution < 1.29 is 4.79 Å². The van der Waals surface area contributed by atoms with Crippen LogP contribution in [-0.2, 0) is 11.2 Å². The predicted octanol–water partition coefficient (Wildman–Crippen LogP) is 3.47. The third-order valence-electron chi connectivity index (χ3n) is 3.64. The summed E-state index contributed by atoms with van der Waals surface area (Å²) < 4.78 is 0. The molecule has 1 aromatic carbocycles. The number of carbonyl (C=O) groups is 1. The molecular weight excluding hydrogens is 284 g/mol. The van der Waals surface area contributed by atoms with Crippen molar-refractivity contribution in [3.63, 3.8) is 0 Å². The summed E-state index contributed by atoms with van der Waals surface area (Å²) in [4.78, 5) is 12.0.